The van der Waals surface area contributed by atoms with Gasteiger partial charge in [-0.15, -0.1) is 6.58 Å². The fourth-order valence-corrected chi connectivity index (χ4v) is 2.13. The Bertz CT molecular complexity index is 525. The molecule has 0 N–H and O–H groups in total. The van der Waals surface area contributed by atoms with Crippen molar-refractivity contribution in [3.05, 3.63) is 46.5 Å². The summed E-state index contributed by atoms with van der Waals surface area (Å²) < 4.78 is 0. The molecule has 1 atom stereocenters. The van der Waals surface area contributed by atoms with Gasteiger partial charge >= 0.3 is 0 Å². The van der Waals surface area contributed by atoms with Crippen LogP contribution in [0.5, 0.6) is 0 Å². The summed E-state index contributed by atoms with van der Waals surface area (Å²) in [5.74, 6) is 0.111. The van der Waals surface area contributed by atoms with Crippen LogP contribution < -0.4 is 4.90 Å². The molecule has 1 heterocycles. The Morgan fingerprint density at radius 1 is 1.56 bits per heavy atom. The number of nitro groups is 1. The summed E-state index contributed by atoms with van der Waals surface area (Å²) in [6, 6.07) is 4.57. The van der Waals surface area contributed by atoms with E-state index in [2.05, 4.69) is 6.58 Å². The summed E-state index contributed by atoms with van der Waals surface area (Å²) in [6.45, 7) is 6.07. The zero-order valence-corrected chi connectivity index (χ0v) is 10.1. The van der Waals surface area contributed by atoms with Gasteiger partial charge in [0.1, 0.15) is 0 Å². The van der Waals surface area contributed by atoms with E-state index < -0.39 is 4.92 Å². The Labute approximate surface area is 105 Å². The lowest BCUT2D eigenvalue weighted by Gasteiger charge is -2.18. The molecule has 1 aliphatic heterocycles. The van der Waals surface area contributed by atoms with E-state index in [1.165, 1.54) is 12.1 Å². The third-order valence-corrected chi connectivity index (χ3v) is 3.18. The molecule has 1 aliphatic rings. The molecule has 5 nitrogen and oxygen atoms in total. The molecule has 0 saturated carbocycles. The maximum Gasteiger partial charge on any atom is 0.271 e. The van der Waals surface area contributed by atoms with Crippen LogP contribution in [0.4, 0.5) is 11.4 Å². The van der Waals surface area contributed by atoms with Gasteiger partial charge in [0, 0.05) is 31.0 Å². The van der Waals surface area contributed by atoms with Gasteiger partial charge in [0.15, 0.2) is 0 Å². The quantitative estimate of drug-likeness (QED) is 0.467. The van der Waals surface area contributed by atoms with Gasteiger partial charge in [-0.2, -0.15) is 0 Å². The summed E-state index contributed by atoms with van der Waals surface area (Å²) in [7, 11) is 0. The number of amides is 1. The van der Waals surface area contributed by atoms with Crippen molar-refractivity contribution in [2.24, 2.45) is 5.92 Å². The molecule has 1 fully saturated rings. The number of nitro benzene ring substituents is 1. The van der Waals surface area contributed by atoms with Crippen molar-refractivity contribution in [1.29, 1.82) is 0 Å². The highest BCUT2D eigenvalue weighted by Gasteiger charge is 2.30. The average molecular weight is 246 g/mol. The number of nitrogens with zero attached hydrogens (tertiary/aromatic N) is 2. The maximum atomic E-state index is 11.9. The summed E-state index contributed by atoms with van der Waals surface area (Å²) in [5, 5.41) is 10.8. The lowest BCUT2D eigenvalue weighted by molar-refractivity contribution is -0.384. The van der Waals surface area contributed by atoms with Crippen LogP contribution in [0.2, 0.25) is 0 Å². The van der Waals surface area contributed by atoms with E-state index in [0.29, 0.717) is 18.7 Å². The molecule has 0 bridgehead atoms. The van der Waals surface area contributed by atoms with Crippen molar-refractivity contribution in [3.63, 3.8) is 0 Å². The molecule has 18 heavy (non-hydrogen) atoms. The molecule has 0 radical (unpaired) electrons. The number of non-ortho nitro benzene ring substituents is 1. The van der Waals surface area contributed by atoms with Gasteiger partial charge < -0.3 is 4.90 Å². The SMILES string of the molecule is C=CC1CC(=O)N(c2cc([N+](=O)[O-])ccc2C)C1. The first-order chi connectivity index (χ1) is 8.52. The van der Waals surface area contributed by atoms with Crippen LogP contribution in [0.25, 0.3) is 0 Å². The number of rotatable bonds is 3. The van der Waals surface area contributed by atoms with E-state index in [4.69, 9.17) is 0 Å². The highest BCUT2D eigenvalue weighted by molar-refractivity contribution is 5.97. The molecule has 0 aromatic heterocycles. The van der Waals surface area contributed by atoms with Crippen LogP contribution in [0.3, 0.4) is 0 Å². The van der Waals surface area contributed by atoms with E-state index >= 15 is 0 Å². The molecule has 5 heteroatoms. The number of aryl methyl sites for hydroxylation is 1. The van der Waals surface area contributed by atoms with Crippen molar-refractivity contribution in [3.8, 4) is 0 Å². The number of carbonyl (C=O) groups excluding carboxylic acids is 1. The fourth-order valence-electron chi connectivity index (χ4n) is 2.13. The average Bonchev–Trinajstić information content (AvgIpc) is 2.71. The highest BCUT2D eigenvalue weighted by Crippen LogP contribution is 2.31. The Hall–Kier alpha value is -2.17. The molecule has 1 amide bonds. The van der Waals surface area contributed by atoms with Gasteiger partial charge in [-0.1, -0.05) is 12.1 Å². The van der Waals surface area contributed by atoms with Crippen LogP contribution in [-0.2, 0) is 4.79 Å². The lowest BCUT2D eigenvalue weighted by atomic mass is 10.1. The van der Waals surface area contributed by atoms with Crippen LogP contribution in [0.15, 0.2) is 30.9 Å². The molecule has 1 saturated heterocycles. The monoisotopic (exact) mass is 246 g/mol. The molecule has 2 rings (SSSR count). The number of hydrogen-bond donors (Lipinski definition) is 0. The topological polar surface area (TPSA) is 63.5 Å². The van der Waals surface area contributed by atoms with Gasteiger partial charge in [-0.25, -0.2) is 0 Å². The van der Waals surface area contributed by atoms with E-state index in [1.807, 2.05) is 6.92 Å². The summed E-state index contributed by atoms with van der Waals surface area (Å²) in [5.41, 5.74) is 1.49. The van der Waals surface area contributed by atoms with Gasteiger partial charge in [0.05, 0.1) is 10.6 Å². The Morgan fingerprint density at radius 3 is 2.83 bits per heavy atom. The lowest BCUT2D eigenvalue weighted by Crippen LogP contribution is -2.25. The maximum absolute atomic E-state index is 11.9. The van der Waals surface area contributed by atoms with Gasteiger partial charge in [0.25, 0.3) is 5.69 Å². The molecular weight excluding hydrogens is 232 g/mol. The first-order valence-corrected chi connectivity index (χ1v) is 5.71. The standard InChI is InChI=1S/C13H14N2O3/c1-3-10-6-13(16)14(8-10)12-7-11(15(17)18)5-4-9(12)2/h3-5,7,10H,1,6,8H2,2H3. The Kier molecular flexibility index (Phi) is 3.14. The van der Waals surface area contributed by atoms with Crippen molar-refractivity contribution in [2.75, 3.05) is 11.4 Å². The van der Waals surface area contributed by atoms with Gasteiger partial charge in [-0.05, 0) is 12.5 Å². The van der Waals surface area contributed by atoms with Crippen LogP contribution in [0.1, 0.15) is 12.0 Å². The second-order valence-corrected chi connectivity index (χ2v) is 4.43. The zero-order chi connectivity index (χ0) is 13.3. The van der Waals surface area contributed by atoms with Crippen LogP contribution >= 0.6 is 0 Å². The van der Waals surface area contributed by atoms with E-state index in [1.54, 1.807) is 17.0 Å². The predicted octanol–water partition coefficient (Wildman–Crippen LogP) is 2.44. The van der Waals surface area contributed by atoms with Crippen molar-refractivity contribution in [2.45, 2.75) is 13.3 Å². The number of anilines is 1. The van der Waals surface area contributed by atoms with E-state index in [9.17, 15) is 14.9 Å². The first kappa shape index (κ1) is 12.3. The second kappa shape index (κ2) is 4.60. The number of benzene rings is 1. The number of carbonyl (C=O) groups is 1. The Morgan fingerprint density at radius 2 is 2.28 bits per heavy atom. The van der Waals surface area contributed by atoms with Crippen LogP contribution in [0, 0.1) is 23.0 Å². The molecule has 0 aliphatic carbocycles. The van der Waals surface area contributed by atoms with Gasteiger partial charge in [-0.3, -0.25) is 14.9 Å². The molecule has 0 spiro atoms. The predicted molar refractivity (Wildman–Crippen MR) is 68.5 cm³/mol. The Balaban J connectivity index is 2.38. The number of hydrogen-bond acceptors (Lipinski definition) is 3. The smallest absolute Gasteiger partial charge is 0.271 e. The minimum absolute atomic E-state index is 0.00505. The fraction of sp³-hybridized carbons (Fsp3) is 0.308. The normalized spacial score (nSPS) is 19.1. The molecule has 1 aromatic rings. The minimum Gasteiger partial charge on any atom is -0.311 e. The van der Waals surface area contributed by atoms with Crippen molar-refractivity contribution >= 4 is 17.3 Å². The van der Waals surface area contributed by atoms with E-state index in [-0.39, 0.29) is 17.5 Å². The molecular formula is C13H14N2O3. The largest absolute Gasteiger partial charge is 0.311 e. The summed E-state index contributed by atoms with van der Waals surface area (Å²) >= 11 is 0. The zero-order valence-electron chi connectivity index (χ0n) is 10.1. The van der Waals surface area contributed by atoms with Crippen molar-refractivity contribution < 1.29 is 9.72 Å². The van der Waals surface area contributed by atoms with Gasteiger partial charge in [0.2, 0.25) is 5.91 Å². The first-order valence-electron chi connectivity index (χ1n) is 5.71. The molecule has 1 unspecified atom stereocenters. The van der Waals surface area contributed by atoms with E-state index in [0.717, 1.165) is 5.56 Å². The summed E-state index contributed by atoms with van der Waals surface area (Å²) in [4.78, 5) is 23.8. The third-order valence-electron chi connectivity index (χ3n) is 3.18. The molecule has 1 aromatic carbocycles. The van der Waals surface area contributed by atoms with Crippen molar-refractivity contribution in [1.82, 2.24) is 0 Å². The third kappa shape index (κ3) is 2.11. The second-order valence-electron chi connectivity index (χ2n) is 4.43. The minimum atomic E-state index is -0.450. The summed E-state index contributed by atoms with van der Waals surface area (Å²) in [6.07, 6.45) is 2.18. The molecule has 94 valence electrons. The highest BCUT2D eigenvalue weighted by atomic mass is 16.6. The van der Waals surface area contributed by atoms with Crippen LogP contribution in [-0.4, -0.2) is 17.4 Å².